The highest BCUT2D eigenvalue weighted by Crippen LogP contribution is 2.43. The molecule has 1 aliphatic rings. The molecule has 1 aliphatic heterocycles. The van der Waals surface area contributed by atoms with Gasteiger partial charge in [0.25, 0.3) is 12.1 Å². The lowest BCUT2D eigenvalue weighted by Gasteiger charge is -2.38. The zero-order chi connectivity index (χ0) is 70.8. The van der Waals surface area contributed by atoms with Crippen LogP contribution in [0.5, 0.6) is 11.5 Å². The number of aliphatic hydroxyl groups is 1. The van der Waals surface area contributed by atoms with E-state index in [9.17, 15) is 47.3 Å². The van der Waals surface area contributed by atoms with Gasteiger partial charge in [0.15, 0.2) is 23.2 Å². The number of aliphatic hydroxyl groups excluding tert-OH is 1. The Bertz CT molecular complexity index is 4380. The van der Waals surface area contributed by atoms with Crippen LogP contribution in [0.1, 0.15) is 79.1 Å². The number of rotatable bonds is 24. The number of nitrogens with one attached hydrogen (secondary N) is 4. The van der Waals surface area contributed by atoms with E-state index in [1.807, 2.05) is 93.9 Å². The molecule has 4 aromatic carbocycles. The number of hydrogen-bond donors (Lipinski definition) is 6. The summed E-state index contributed by atoms with van der Waals surface area (Å²) in [4.78, 5) is 52.3. The number of anilines is 1. The summed E-state index contributed by atoms with van der Waals surface area (Å²) in [5, 5.41) is 41.5. The van der Waals surface area contributed by atoms with Crippen molar-refractivity contribution in [2.45, 2.75) is 81.7 Å². The number of carboxylic acid groups (broad SMARTS) is 1. The van der Waals surface area contributed by atoms with Crippen LogP contribution in [0.25, 0.3) is 27.6 Å². The highest BCUT2D eigenvalue weighted by Gasteiger charge is 2.39. The quantitative estimate of drug-likeness (QED) is 0.0186. The van der Waals surface area contributed by atoms with Crippen molar-refractivity contribution in [1.82, 2.24) is 44.4 Å². The van der Waals surface area contributed by atoms with Gasteiger partial charge in [-0.05, 0) is 132 Å². The number of furan rings is 1. The maximum atomic E-state index is 13.0. The molecule has 10 aromatic rings. The first-order chi connectivity index (χ1) is 46.9. The van der Waals surface area contributed by atoms with Crippen molar-refractivity contribution >= 4 is 79.3 Å². The maximum Gasteiger partial charge on any atom is 0.422 e. The monoisotopic (exact) mass is 1410 g/mol. The van der Waals surface area contributed by atoms with Gasteiger partial charge in [0.1, 0.15) is 35.2 Å². The molecule has 0 saturated heterocycles. The second-order valence-corrected chi connectivity index (χ2v) is 25.5. The fraction of sp³-hybridized carbons (Fsp3) is 0.319. The van der Waals surface area contributed by atoms with Crippen LogP contribution < -0.4 is 25.4 Å². The molecule has 29 heteroatoms. The fourth-order valence-electron chi connectivity index (χ4n) is 10.6. The summed E-state index contributed by atoms with van der Waals surface area (Å²) in [5.41, 5.74) is 10.4. The molecule has 520 valence electrons. The van der Waals surface area contributed by atoms with Gasteiger partial charge >= 0.3 is 12.1 Å². The first-order valence-electron chi connectivity index (χ1n) is 30.7. The molecule has 11 rings (SSSR count). The standard InChI is InChI=1S/C21H25N3O3.C19H16ClNO4.C16H14F3N3O2S.C13H22N4O3S/c1-13-14(2)24-10-9-16-18(21(24)22-13)23-17(15-7-5-4-6-8-15)19(25)20(16)27-12-11-26-3;1-11-15(10-18(22)23)16-9-14(25-2)7-8-17(16)21(11)19(24)12-3-5-13(20)6-4-12;1-10-13(20-7-6-14(10)24-9-16(17,18)19)8-25(23)15-21-11-4-2-3-5-12(11)22-15;1-14-13(9-17(18)19)15-6-7-21-10-12-5-4-11(20-12)8-16(2)3/h4-10,17,19-20,23,25H,11-12H2,1-3H3;3-9H,10H2,1-2H3,(H,22,23);2-7H,8-9H2,1H3,(H,21,22);4-5,9,14-15H,6-8,10H2,1-3H3/b;;;13-9+/t17-,19-,20-;;;/m1.../s1. The number of carbonyl (C=O) groups is 2. The predicted molar refractivity (Wildman–Crippen MR) is 371 cm³/mol. The van der Waals surface area contributed by atoms with Gasteiger partial charge in [-0.15, -0.1) is 0 Å². The van der Waals surface area contributed by atoms with Crippen molar-refractivity contribution in [3.8, 4) is 11.5 Å². The van der Waals surface area contributed by atoms with Gasteiger partial charge in [-0.1, -0.05) is 54.1 Å². The third-order valence-corrected chi connectivity index (χ3v) is 17.9. The summed E-state index contributed by atoms with van der Waals surface area (Å²) < 4.78 is 79.9. The Kier molecular flexibility index (Phi) is 26.4. The third-order valence-electron chi connectivity index (χ3n) is 15.5. The Labute approximate surface area is 575 Å². The number of fused-ring (bicyclic) bond motifs is 5. The number of thioether (sulfide) groups is 1. The number of carbonyl (C=O) groups excluding carboxylic acids is 1. The maximum absolute atomic E-state index is 13.0. The normalized spacial score (nSPS) is 14.6. The van der Waals surface area contributed by atoms with Crippen LogP contribution in [-0.4, -0.2) is 145 Å². The third kappa shape index (κ3) is 19.7. The number of imidazole rings is 2. The Balaban J connectivity index is 0.000000167. The molecule has 4 atom stereocenters. The molecular weight excluding hydrogens is 1330 g/mol. The highest BCUT2D eigenvalue weighted by molar-refractivity contribution is 7.98. The first kappa shape index (κ1) is 74.5. The summed E-state index contributed by atoms with van der Waals surface area (Å²) >= 11 is 7.60. The van der Waals surface area contributed by atoms with Crippen LogP contribution in [0, 0.1) is 37.8 Å². The van der Waals surface area contributed by atoms with Crippen molar-refractivity contribution in [2.75, 3.05) is 72.8 Å². The lowest BCUT2D eigenvalue weighted by molar-refractivity contribution is -0.404. The molecule has 0 aliphatic carbocycles. The Morgan fingerprint density at radius 2 is 1.66 bits per heavy atom. The number of ether oxygens (including phenoxy) is 4. The molecule has 0 bridgehead atoms. The number of aromatic amines is 1. The number of aryl methyl sites for hydroxylation is 2. The topological polar surface area (TPSA) is 288 Å². The SMILES string of the molecule is CN/C(=C\[N+](=O)[O-])NCCSCc1ccc(CN(C)C)o1.COCCO[C@@H]1c2ccn3c(C)c(C)nc3c2N[C@H](c2ccccc2)[C@H]1O.COc1ccc2c(c1)c(CC(=O)O)c(C)n2C(=O)c1ccc(Cl)cc1.Cc1c(OCC(F)(F)F)ccnc1CS(=O)c1nc2ccccc2[nH]1. The Hall–Kier alpha value is -9.29. The van der Waals surface area contributed by atoms with Gasteiger partial charge in [0.05, 0.1) is 100 Å². The average molecular weight is 1410 g/mol. The summed E-state index contributed by atoms with van der Waals surface area (Å²) in [6.07, 6.45) is -1.52. The number of hydrogen-bond acceptors (Lipinski definition) is 19. The first-order valence-corrected chi connectivity index (χ1v) is 33.6. The minimum atomic E-state index is -4.42. The van der Waals surface area contributed by atoms with Crippen LogP contribution in [0.15, 0.2) is 155 Å². The van der Waals surface area contributed by atoms with Gasteiger partial charge in [-0.3, -0.25) is 33.5 Å². The number of nitrogens with zero attached hydrogens (tertiary/aromatic N) is 7. The molecule has 0 saturated carbocycles. The lowest BCUT2D eigenvalue weighted by atomic mass is 9.89. The lowest BCUT2D eigenvalue weighted by Crippen LogP contribution is -2.38. The Morgan fingerprint density at radius 1 is 0.939 bits per heavy atom. The number of H-pyrrole nitrogens is 1. The second kappa shape index (κ2) is 34.8. The highest BCUT2D eigenvalue weighted by atomic mass is 35.5. The van der Waals surface area contributed by atoms with Gasteiger partial charge in [0, 0.05) is 77.3 Å². The number of aromatic nitrogens is 6. The largest absolute Gasteiger partial charge is 0.497 e. The van der Waals surface area contributed by atoms with Gasteiger partial charge in [-0.2, -0.15) is 24.9 Å². The molecule has 0 spiro atoms. The number of alkyl halides is 3. The zero-order valence-electron chi connectivity index (χ0n) is 55.3. The number of benzene rings is 4. The number of aliphatic carboxylic acids is 1. The van der Waals surface area contributed by atoms with Crippen molar-refractivity contribution in [2.24, 2.45) is 0 Å². The van der Waals surface area contributed by atoms with E-state index in [1.165, 1.54) is 16.8 Å². The van der Waals surface area contributed by atoms with Gasteiger partial charge < -0.3 is 63.8 Å². The number of halogens is 4. The summed E-state index contributed by atoms with van der Waals surface area (Å²) in [6, 6.07) is 36.1. The molecule has 23 nitrogen and oxygen atoms in total. The van der Waals surface area contributed by atoms with Crippen molar-refractivity contribution < 1.29 is 65.5 Å². The molecule has 0 fully saturated rings. The van der Waals surface area contributed by atoms with Crippen LogP contribution in [-0.2, 0) is 49.5 Å². The smallest absolute Gasteiger partial charge is 0.422 e. The number of nitro groups is 1. The molecule has 0 amide bonds. The average Bonchev–Trinajstić information content (AvgIpc) is 1.49. The van der Waals surface area contributed by atoms with Crippen LogP contribution >= 0.6 is 23.4 Å². The van der Waals surface area contributed by atoms with Crippen molar-refractivity contribution in [1.29, 1.82) is 0 Å². The molecule has 0 radical (unpaired) electrons. The predicted octanol–water partition coefficient (Wildman–Crippen LogP) is 12.1. The van der Waals surface area contributed by atoms with E-state index in [-0.39, 0.29) is 29.9 Å². The number of methoxy groups -OCH3 is 2. The number of carboxylic acids is 1. The zero-order valence-corrected chi connectivity index (χ0v) is 57.7. The van der Waals surface area contributed by atoms with E-state index in [2.05, 4.69) is 47.1 Å². The molecular formula is C69H77ClF3N11O12S2. The van der Waals surface area contributed by atoms with E-state index < -0.39 is 46.7 Å². The van der Waals surface area contributed by atoms with E-state index in [4.69, 9.17) is 39.9 Å². The summed E-state index contributed by atoms with van der Waals surface area (Å²) in [7, 11) is 7.31. The molecule has 98 heavy (non-hydrogen) atoms. The van der Waals surface area contributed by atoms with Crippen LogP contribution in [0.4, 0.5) is 18.9 Å². The summed E-state index contributed by atoms with van der Waals surface area (Å²) in [5.74, 6) is 3.46. The molecule has 7 heterocycles. The molecule has 6 aromatic heterocycles. The minimum Gasteiger partial charge on any atom is -0.497 e. The Morgan fingerprint density at radius 3 is 2.34 bits per heavy atom. The minimum absolute atomic E-state index is 0.0227. The van der Waals surface area contributed by atoms with E-state index in [0.29, 0.717) is 86.0 Å². The second-order valence-electron chi connectivity index (χ2n) is 22.6. The number of para-hydroxylation sites is 2. The van der Waals surface area contributed by atoms with E-state index >= 15 is 0 Å². The van der Waals surface area contributed by atoms with Crippen molar-refractivity contribution in [3.63, 3.8) is 0 Å². The van der Waals surface area contributed by atoms with Gasteiger partial charge in [-0.25, -0.2) is 9.97 Å². The number of pyridine rings is 2. The van der Waals surface area contributed by atoms with E-state index in [1.54, 1.807) is 95.4 Å². The molecule has 6 N–H and O–H groups in total. The van der Waals surface area contributed by atoms with Crippen LogP contribution in [0.3, 0.4) is 0 Å². The summed E-state index contributed by atoms with van der Waals surface area (Å²) in [6.45, 7) is 8.35. The van der Waals surface area contributed by atoms with Gasteiger partial charge in [0.2, 0.25) is 0 Å². The molecule has 1 unspecified atom stereocenters. The van der Waals surface area contributed by atoms with E-state index in [0.717, 1.165) is 75.1 Å². The van der Waals surface area contributed by atoms with Crippen molar-refractivity contribution in [3.05, 3.63) is 223 Å². The van der Waals surface area contributed by atoms with Crippen LogP contribution in [0.2, 0.25) is 5.02 Å². The fourth-order valence-corrected chi connectivity index (χ4v) is 12.5.